The summed E-state index contributed by atoms with van der Waals surface area (Å²) in [7, 11) is 2.20. The van der Waals surface area contributed by atoms with Crippen LogP contribution >= 0.6 is 24.0 Å². The van der Waals surface area contributed by atoms with Crippen LogP contribution in [0.4, 0.5) is 4.39 Å². The number of nitrogens with zero attached hydrogens (tertiary/aromatic N) is 3. The lowest BCUT2D eigenvalue weighted by Crippen LogP contribution is -2.39. The van der Waals surface area contributed by atoms with Gasteiger partial charge < -0.3 is 20.4 Å². The first-order chi connectivity index (χ1) is 12.6. The number of likely N-dealkylation sites (N-methyl/N-ethyl adjacent to an activating group) is 1. The topological polar surface area (TPSA) is 42.9 Å². The van der Waals surface area contributed by atoms with E-state index in [0.29, 0.717) is 12.1 Å². The summed E-state index contributed by atoms with van der Waals surface area (Å²) >= 11 is 0. The maximum absolute atomic E-state index is 13.6. The second kappa shape index (κ2) is 13.3. The highest BCUT2D eigenvalue weighted by atomic mass is 127. The van der Waals surface area contributed by atoms with E-state index in [9.17, 15) is 4.39 Å². The van der Waals surface area contributed by atoms with E-state index in [4.69, 9.17) is 0 Å². The van der Waals surface area contributed by atoms with Gasteiger partial charge in [0.25, 0.3) is 0 Å². The third-order valence-electron chi connectivity index (χ3n) is 4.76. The molecule has 154 valence electrons. The molecule has 0 aliphatic carbocycles. The van der Waals surface area contributed by atoms with Crippen molar-refractivity contribution in [1.29, 1.82) is 0 Å². The van der Waals surface area contributed by atoms with Crippen LogP contribution < -0.4 is 10.6 Å². The molecule has 0 bridgehead atoms. The highest BCUT2D eigenvalue weighted by Gasteiger charge is 2.11. The Morgan fingerprint density at radius 1 is 1.19 bits per heavy atom. The van der Waals surface area contributed by atoms with Gasteiger partial charge in [-0.3, -0.25) is 0 Å². The average Bonchev–Trinajstić information content (AvgIpc) is 2.83. The Kier molecular flexibility index (Phi) is 11.9. The first-order valence-corrected chi connectivity index (χ1v) is 9.76. The van der Waals surface area contributed by atoms with Crippen molar-refractivity contribution in [3.05, 3.63) is 35.1 Å². The predicted molar refractivity (Wildman–Crippen MR) is 123 cm³/mol. The van der Waals surface area contributed by atoms with E-state index in [-0.39, 0.29) is 29.8 Å². The van der Waals surface area contributed by atoms with E-state index in [0.717, 1.165) is 50.7 Å². The summed E-state index contributed by atoms with van der Waals surface area (Å²) in [5.41, 5.74) is 1.56. The Morgan fingerprint density at radius 2 is 2.00 bits per heavy atom. The normalized spacial score (nSPS) is 16.5. The second-order valence-electron chi connectivity index (χ2n) is 7.06. The molecule has 0 amide bonds. The zero-order valence-electron chi connectivity index (χ0n) is 16.9. The Morgan fingerprint density at radius 3 is 2.74 bits per heavy atom. The van der Waals surface area contributed by atoms with Crippen LogP contribution in [0, 0.1) is 12.7 Å². The van der Waals surface area contributed by atoms with E-state index in [1.165, 1.54) is 19.5 Å². The number of rotatable bonds is 7. The smallest absolute Gasteiger partial charge is 0.191 e. The fraction of sp³-hybridized carbons (Fsp3) is 0.650. The van der Waals surface area contributed by atoms with Gasteiger partial charge in [-0.2, -0.15) is 0 Å². The summed E-state index contributed by atoms with van der Waals surface area (Å²) in [5.74, 6) is 0.628. The van der Waals surface area contributed by atoms with Crippen molar-refractivity contribution in [3.8, 4) is 0 Å². The Bertz CT molecular complexity index is 581. The fourth-order valence-corrected chi connectivity index (χ4v) is 3.08. The van der Waals surface area contributed by atoms with Crippen LogP contribution in [-0.4, -0.2) is 68.6 Å². The Balaban J connectivity index is 0.00000364. The van der Waals surface area contributed by atoms with Gasteiger partial charge in [0, 0.05) is 26.2 Å². The first kappa shape index (κ1) is 24.1. The van der Waals surface area contributed by atoms with Gasteiger partial charge in [0.15, 0.2) is 5.96 Å². The van der Waals surface area contributed by atoms with Crippen LogP contribution in [0.25, 0.3) is 0 Å². The fourth-order valence-electron chi connectivity index (χ4n) is 3.08. The third kappa shape index (κ3) is 9.21. The van der Waals surface area contributed by atoms with Crippen LogP contribution in [0.2, 0.25) is 0 Å². The van der Waals surface area contributed by atoms with Crippen molar-refractivity contribution in [2.75, 3.05) is 52.9 Å². The number of halogens is 2. The van der Waals surface area contributed by atoms with Gasteiger partial charge in [-0.1, -0.05) is 12.1 Å². The summed E-state index contributed by atoms with van der Waals surface area (Å²) in [4.78, 5) is 9.52. The van der Waals surface area contributed by atoms with E-state index < -0.39 is 0 Å². The number of nitrogens with one attached hydrogen (secondary N) is 2. The van der Waals surface area contributed by atoms with Gasteiger partial charge in [-0.15, -0.1) is 24.0 Å². The lowest BCUT2D eigenvalue weighted by Gasteiger charge is -2.20. The molecule has 0 radical (unpaired) electrons. The molecule has 27 heavy (non-hydrogen) atoms. The van der Waals surface area contributed by atoms with Crippen molar-refractivity contribution in [2.24, 2.45) is 4.99 Å². The van der Waals surface area contributed by atoms with Crippen molar-refractivity contribution in [2.45, 2.75) is 33.2 Å². The zero-order chi connectivity index (χ0) is 18.8. The van der Waals surface area contributed by atoms with E-state index in [2.05, 4.69) is 39.4 Å². The molecular weight excluding hydrogens is 456 g/mol. The van der Waals surface area contributed by atoms with E-state index >= 15 is 0 Å². The number of benzene rings is 1. The van der Waals surface area contributed by atoms with Crippen LogP contribution in [0.1, 0.15) is 30.9 Å². The molecule has 0 aromatic heterocycles. The molecule has 1 heterocycles. The minimum atomic E-state index is -0.168. The molecular formula is C20H35FIN5. The van der Waals surface area contributed by atoms with Gasteiger partial charge >= 0.3 is 0 Å². The minimum absolute atomic E-state index is 0. The van der Waals surface area contributed by atoms with E-state index in [1.54, 1.807) is 19.1 Å². The average molecular weight is 491 g/mol. The Labute approximate surface area is 180 Å². The number of aliphatic imine (C=N–C) groups is 1. The monoisotopic (exact) mass is 491 g/mol. The summed E-state index contributed by atoms with van der Waals surface area (Å²) < 4.78 is 13.6. The largest absolute Gasteiger partial charge is 0.357 e. The zero-order valence-corrected chi connectivity index (χ0v) is 19.3. The van der Waals surface area contributed by atoms with Crippen LogP contribution in [0.5, 0.6) is 0 Å². The molecule has 1 aromatic rings. The lowest BCUT2D eigenvalue weighted by atomic mass is 10.1. The highest BCUT2D eigenvalue weighted by molar-refractivity contribution is 14.0. The quantitative estimate of drug-likeness (QED) is 0.267. The number of hydrogen-bond donors (Lipinski definition) is 2. The van der Waals surface area contributed by atoms with Crippen LogP contribution in [-0.2, 0) is 6.54 Å². The number of hydrogen-bond acceptors (Lipinski definition) is 3. The molecule has 2 N–H and O–H groups in total. The molecule has 2 rings (SSSR count). The summed E-state index contributed by atoms with van der Waals surface area (Å²) in [6.07, 6.45) is 2.34. The number of guanidine groups is 1. The molecule has 0 unspecified atom stereocenters. The molecule has 1 aliphatic heterocycles. The van der Waals surface area contributed by atoms with Crippen molar-refractivity contribution in [1.82, 2.24) is 20.4 Å². The molecule has 0 atom stereocenters. The molecule has 0 spiro atoms. The first-order valence-electron chi connectivity index (χ1n) is 9.76. The van der Waals surface area contributed by atoms with Crippen molar-refractivity contribution >= 4 is 29.9 Å². The Hall–Kier alpha value is -0.930. The van der Waals surface area contributed by atoms with Crippen LogP contribution in [0.15, 0.2) is 23.2 Å². The predicted octanol–water partition coefficient (Wildman–Crippen LogP) is 2.83. The van der Waals surface area contributed by atoms with Gasteiger partial charge in [0.05, 0.1) is 6.54 Å². The molecule has 1 saturated heterocycles. The molecule has 1 aliphatic rings. The maximum atomic E-state index is 13.6. The van der Waals surface area contributed by atoms with Crippen LogP contribution in [0.3, 0.4) is 0 Å². The highest BCUT2D eigenvalue weighted by Crippen LogP contribution is 2.10. The van der Waals surface area contributed by atoms with Gasteiger partial charge in [-0.25, -0.2) is 9.38 Å². The van der Waals surface area contributed by atoms with E-state index in [1.807, 2.05) is 6.07 Å². The lowest BCUT2D eigenvalue weighted by molar-refractivity contribution is 0.274. The molecule has 5 nitrogen and oxygen atoms in total. The van der Waals surface area contributed by atoms with Crippen molar-refractivity contribution < 1.29 is 4.39 Å². The summed E-state index contributed by atoms with van der Waals surface area (Å²) in [6.45, 7) is 11.8. The minimum Gasteiger partial charge on any atom is -0.357 e. The maximum Gasteiger partial charge on any atom is 0.191 e. The van der Waals surface area contributed by atoms with Gasteiger partial charge in [-0.05, 0) is 70.6 Å². The number of aryl methyl sites for hydroxylation is 1. The third-order valence-corrected chi connectivity index (χ3v) is 4.76. The summed E-state index contributed by atoms with van der Waals surface area (Å²) in [6, 6.07) is 5.31. The molecule has 0 saturated carbocycles. The second-order valence-corrected chi connectivity index (χ2v) is 7.06. The summed E-state index contributed by atoms with van der Waals surface area (Å²) in [5, 5.41) is 6.65. The van der Waals surface area contributed by atoms with Crippen molar-refractivity contribution in [3.63, 3.8) is 0 Å². The SMILES string of the molecule is CCNC(=NCc1ccc(C)c(F)c1)NCCCN1CCCN(C)CC1.I. The molecule has 1 fully saturated rings. The van der Waals surface area contributed by atoms with Gasteiger partial charge in [0.1, 0.15) is 5.82 Å². The molecule has 7 heteroatoms. The van der Waals surface area contributed by atoms with Gasteiger partial charge in [0.2, 0.25) is 0 Å². The molecule has 1 aromatic carbocycles. The standard InChI is InChI=1S/C20H34FN5.HI/c1-4-22-20(24-16-18-8-7-17(2)19(21)15-18)23-9-5-11-26-12-6-10-25(3)13-14-26;/h7-8,15H,4-6,9-14,16H2,1-3H3,(H2,22,23,24);1H.